The van der Waals surface area contributed by atoms with Gasteiger partial charge in [0, 0.05) is 11.8 Å². The van der Waals surface area contributed by atoms with Crippen LogP contribution in [-0.2, 0) is 19.1 Å². The normalized spacial score (nSPS) is 12.7. The lowest BCUT2D eigenvalue weighted by Gasteiger charge is -2.17. The average molecular weight is 403 g/mol. The van der Waals surface area contributed by atoms with E-state index in [1.807, 2.05) is 56.5 Å². The fourth-order valence-electron chi connectivity index (χ4n) is 2.73. The largest absolute Gasteiger partial charge is 0.456 e. The molecule has 0 saturated heterocycles. The second kappa shape index (κ2) is 10.0. The second-order valence-corrected chi connectivity index (χ2v) is 7.75. The Hall–Kier alpha value is -2.67. The smallest absolute Gasteiger partial charge is 0.308 e. The molecular formula is C21H26N2O4S. The predicted molar refractivity (Wildman–Crippen MR) is 109 cm³/mol. The molecule has 0 aliphatic heterocycles. The van der Waals surface area contributed by atoms with Gasteiger partial charge in [0.05, 0.1) is 18.5 Å². The molecule has 0 radical (unpaired) electrons. The Morgan fingerprint density at radius 3 is 2.46 bits per heavy atom. The van der Waals surface area contributed by atoms with Crippen molar-refractivity contribution < 1.29 is 19.1 Å². The lowest BCUT2D eigenvalue weighted by Crippen LogP contribution is -2.32. The van der Waals surface area contributed by atoms with Crippen LogP contribution in [-0.4, -0.2) is 24.4 Å². The van der Waals surface area contributed by atoms with Crippen LogP contribution in [0.25, 0.3) is 0 Å². The molecular weight excluding hydrogens is 376 g/mol. The molecule has 2 unspecified atom stereocenters. The van der Waals surface area contributed by atoms with Crippen molar-refractivity contribution in [3.05, 3.63) is 57.3 Å². The van der Waals surface area contributed by atoms with Gasteiger partial charge in [-0.1, -0.05) is 24.3 Å². The van der Waals surface area contributed by atoms with Gasteiger partial charge in [-0.3, -0.25) is 14.4 Å². The third-order valence-electron chi connectivity index (χ3n) is 4.41. The number of carbonyl (C=O) groups excluding carboxylic acids is 3. The van der Waals surface area contributed by atoms with Crippen molar-refractivity contribution in [1.29, 1.82) is 0 Å². The van der Waals surface area contributed by atoms with Gasteiger partial charge in [-0.2, -0.15) is 0 Å². The quantitative estimate of drug-likeness (QED) is 0.663. The number of carbonyl (C=O) groups is 3. The Morgan fingerprint density at radius 1 is 1.11 bits per heavy atom. The minimum atomic E-state index is -0.541. The van der Waals surface area contributed by atoms with Crippen molar-refractivity contribution in [3.63, 3.8) is 0 Å². The Balaban J connectivity index is 1.84. The van der Waals surface area contributed by atoms with Crippen molar-refractivity contribution in [2.24, 2.45) is 0 Å². The van der Waals surface area contributed by atoms with Crippen LogP contribution < -0.4 is 10.6 Å². The highest BCUT2D eigenvalue weighted by Crippen LogP contribution is 2.22. The van der Waals surface area contributed by atoms with Crippen molar-refractivity contribution in [2.45, 2.75) is 46.2 Å². The highest BCUT2D eigenvalue weighted by Gasteiger charge is 2.20. The molecule has 2 amide bonds. The zero-order chi connectivity index (χ0) is 20.7. The maximum atomic E-state index is 12.1. The number of amides is 2. The first-order valence-electron chi connectivity index (χ1n) is 9.09. The summed E-state index contributed by atoms with van der Waals surface area (Å²) >= 11 is 1.45. The first kappa shape index (κ1) is 21.6. The molecule has 2 rings (SSSR count). The Morgan fingerprint density at radius 2 is 1.86 bits per heavy atom. The number of benzene rings is 1. The van der Waals surface area contributed by atoms with E-state index in [4.69, 9.17) is 4.74 Å². The highest BCUT2D eigenvalue weighted by molar-refractivity contribution is 7.10. The molecule has 0 saturated carbocycles. The van der Waals surface area contributed by atoms with E-state index < -0.39 is 12.0 Å². The SMILES string of the molecule is CC(=O)NC(CC(=O)OCC(=O)NC(C)c1ccc(C)c(C)c1)c1cccs1. The van der Waals surface area contributed by atoms with Crippen molar-refractivity contribution in [2.75, 3.05) is 6.61 Å². The molecule has 150 valence electrons. The number of thiophene rings is 1. The number of hydrogen-bond acceptors (Lipinski definition) is 5. The minimum absolute atomic E-state index is 0.0277. The maximum Gasteiger partial charge on any atom is 0.308 e. The molecule has 0 aliphatic rings. The van der Waals surface area contributed by atoms with Gasteiger partial charge < -0.3 is 15.4 Å². The van der Waals surface area contributed by atoms with Gasteiger partial charge >= 0.3 is 5.97 Å². The summed E-state index contributed by atoms with van der Waals surface area (Å²) in [7, 11) is 0. The Kier molecular flexibility index (Phi) is 7.75. The predicted octanol–water partition coefficient (Wildman–Crippen LogP) is 3.35. The lowest BCUT2D eigenvalue weighted by atomic mass is 10.0. The van der Waals surface area contributed by atoms with E-state index in [0.29, 0.717) is 0 Å². The van der Waals surface area contributed by atoms with E-state index >= 15 is 0 Å². The van der Waals surface area contributed by atoms with Crippen LogP contribution in [0.2, 0.25) is 0 Å². The summed E-state index contributed by atoms with van der Waals surface area (Å²) in [5, 5.41) is 7.43. The van der Waals surface area contributed by atoms with Crippen molar-refractivity contribution in [1.82, 2.24) is 10.6 Å². The molecule has 7 heteroatoms. The fraction of sp³-hybridized carbons (Fsp3) is 0.381. The summed E-state index contributed by atoms with van der Waals surface area (Å²) < 4.78 is 5.10. The summed E-state index contributed by atoms with van der Waals surface area (Å²) in [5.74, 6) is -1.14. The summed E-state index contributed by atoms with van der Waals surface area (Å²) in [5.41, 5.74) is 3.34. The molecule has 2 aromatic rings. The maximum absolute atomic E-state index is 12.1. The van der Waals surface area contributed by atoms with E-state index in [1.54, 1.807) is 0 Å². The molecule has 0 fully saturated rings. The topological polar surface area (TPSA) is 84.5 Å². The highest BCUT2D eigenvalue weighted by atomic mass is 32.1. The zero-order valence-corrected chi connectivity index (χ0v) is 17.4. The van der Waals surface area contributed by atoms with Gasteiger partial charge in [-0.25, -0.2) is 0 Å². The molecule has 28 heavy (non-hydrogen) atoms. The van der Waals surface area contributed by atoms with Crippen LogP contribution in [0.4, 0.5) is 0 Å². The van der Waals surface area contributed by atoms with Crippen LogP contribution in [0, 0.1) is 13.8 Å². The standard InChI is InChI=1S/C21H26N2O4S/c1-13-7-8-17(10-14(13)2)15(3)22-20(25)12-27-21(26)11-18(23-16(4)24)19-6-5-9-28-19/h5-10,15,18H,11-12H2,1-4H3,(H,22,25)(H,23,24). The number of nitrogens with one attached hydrogen (secondary N) is 2. The van der Waals surface area contributed by atoms with Crippen LogP contribution in [0.5, 0.6) is 0 Å². The van der Waals surface area contributed by atoms with Gasteiger partial charge in [-0.15, -0.1) is 11.3 Å². The number of aryl methyl sites for hydroxylation is 2. The van der Waals surface area contributed by atoms with Crippen molar-refractivity contribution >= 4 is 29.1 Å². The third-order valence-corrected chi connectivity index (χ3v) is 5.39. The molecule has 1 heterocycles. The van der Waals surface area contributed by atoms with Crippen molar-refractivity contribution in [3.8, 4) is 0 Å². The van der Waals surface area contributed by atoms with Gasteiger partial charge in [-0.05, 0) is 48.9 Å². The average Bonchev–Trinajstić information content (AvgIpc) is 3.16. The molecule has 0 aliphatic carbocycles. The molecule has 2 atom stereocenters. The summed E-state index contributed by atoms with van der Waals surface area (Å²) in [6, 6.07) is 9.06. The van der Waals surface area contributed by atoms with E-state index in [9.17, 15) is 14.4 Å². The van der Waals surface area contributed by atoms with Crippen LogP contribution in [0.1, 0.15) is 53.9 Å². The summed E-state index contributed by atoms with van der Waals surface area (Å²) in [6.45, 7) is 6.98. The van der Waals surface area contributed by atoms with E-state index in [1.165, 1.54) is 23.8 Å². The van der Waals surface area contributed by atoms with E-state index in [-0.39, 0.29) is 30.9 Å². The van der Waals surface area contributed by atoms with Gasteiger partial charge in [0.25, 0.3) is 5.91 Å². The molecule has 0 spiro atoms. The molecule has 6 nitrogen and oxygen atoms in total. The Labute approximate surface area is 169 Å². The monoisotopic (exact) mass is 402 g/mol. The lowest BCUT2D eigenvalue weighted by molar-refractivity contribution is -0.149. The van der Waals surface area contributed by atoms with Crippen LogP contribution in [0.15, 0.2) is 35.7 Å². The fourth-order valence-corrected chi connectivity index (χ4v) is 3.51. The third kappa shape index (κ3) is 6.49. The summed E-state index contributed by atoms with van der Waals surface area (Å²) in [6.07, 6.45) is -0.0277. The molecule has 1 aromatic carbocycles. The van der Waals surface area contributed by atoms with Gasteiger partial charge in [0.2, 0.25) is 5.91 Å². The minimum Gasteiger partial charge on any atom is -0.456 e. The van der Waals surface area contributed by atoms with Crippen LogP contribution >= 0.6 is 11.3 Å². The first-order valence-corrected chi connectivity index (χ1v) is 9.97. The zero-order valence-electron chi connectivity index (χ0n) is 16.6. The Bertz CT molecular complexity index is 833. The molecule has 0 bridgehead atoms. The molecule has 1 aromatic heterocycles. The van der Waals surface area contributed by atoms with Gasteiger partial charge in [0.15, 0.2) is 6.61 Å². The summed E-state index contributed by atoms with van der Waals surface area (Å²) in [4.78, 5) is 36.5. The second-order valence-electron chi connectivity index (χ2n) is 6.77. The number of ether oxygens (including phenoxy) is 1. The first-order chi connectivity index (χ1) is 13.3. The van der Waals surface area contributed by atoms with Crippen LogP contribution in [0.3, 0.4) is 0 Å². The number of rotatable bonds is 8. The number of esters is 1. The van der Waals surface area contributed by atoms with Gasteiger partial charge in [0.1, 0.15) is 0 Å². The number of hydrogen-bond donors (Lipinski definition) is 2. The van der Waals surface area contributed by atoms with E-state index in [0.717, 1.165) is 16.0 Å². The molecule has 2 N–H and O–H groups in total. The van der Waals surface area contributed by atoms with E-state index in [2.05, 4.69) is 10.6 Å².